The summed E-state index contributed by atoms with van der Waals surface area (Å²) < 4.78 is 10.4. The van der Waals surface area contributed by atoms with E-state index in [1.807, 2.05) is 0 Å². The van der Waals surface area contributed by atoms with E-state index >= 15 is 0 Å². The van der Waals surface area contributed by atoms with Crippen LogP contribution < -0.4 is 4.74 Å². The molecule has 2 rings (SSSR count). The number of phenols is 2. The van der Waals surface area contributed by atoms with E-state index in [4.69, 9.17) is 14.6 Å². The quantitative estimate of drug-likeness (QED) is 0.733. The number of carbonyl (C=O) groups is 1. The molecular weight excluding hydrogens is 276 g/mol. The van der Waals surface area contributed by atoms with Crippen molar-refractivity contribution in [3.05, 3.63) is 47.5 Å². The Bertz CT molecular complexity index is 648. The summed E-state index contributed by atoms with van der Waals surface area (Å²) in [5, 5.41) is 28.2. The van der Waals surface area contributed by atoms with Gasteiger partial charge in [-0.1, -0.05) is 12.1 Å². The number of ether oxygens (including phenoxy) is 2. The zero-order valence-corrected chi connectivity index (χ0v) is 11.2. The van der Waals surface area contributed by atoms with Crippen molar-refractivity contribution in [2.24, 2.45) is 0 Å². The van der Waals surface area contributed by atoms with Gasteiger partial charge in [0, 0.05) is 7.11 Å². The maximum Gasteiger partial charge on any atom is 0.339 e. The number of hydrogen-bond donors (Lipinski definition) is 3. The topological polar surface area (TPSA) is 96.2 Å². The highest BCUT2D eigenvalue weighted by Gasteiger charge is 2.17. The van der Waals surface area contributed by atoms with Gasteiger partial charge in [-0.25, -0.2) is 4.79 Å². The molecule has 0 radical (unpaired) electrons. The highest BCUT2D eigenvalue weighted by molar-refractivity contribution is 5.92. The summed E-state index contributed by atoms with van der Waals surface area (Å²) in [6, 6.07) is 9.38. The lowest BCUT2D eigenvalue weighted by Gasteiger charge is -2.10. The third kappa shape index (κ3) is 3.24. The number of rotatable bonds is 5. The monoisotopic (exact) mass is 290 g/mol. The molecule has 0 unspecified atom stereocenters. The van der Waals surface area contributed by atoms with Crippen molar-refractivity contribution < 1.29 is 29.6 Å². The maximum atomic E-state index is 10.8. The first-order valence-corrected chi connectivity index (χ1v) is 6.07. The zero-order valence-electron chi connectivity index (χ0n) is 11.2. The third-order valence-electron chi connectivity index (χ3n) is 2.81. The summed E-state index contributed by atoms with van der Waals surface area (Å²) in [4.78, 5) is 10.8. The standard InChI is InChI=1S/C15H14O6/c1-20-8-9-2-4-10(5-3-9)21-12-7-6-11(15(18)19)13(16)14(12)17/h2-7,16-17H,8H2,1H3,(H,18,19). The van der Waals surface area contributed by atoms with Gasteiger partial charge in [-0.2, -0.15) is 0 Å². The third-order valence-corrected chi connectivity index (χ3v) is 2.81. The fraction of sp³-hybridized carbons (Fsp3) is 0.133. The van der Waals surface area contributed by atoms with E-state index in [-0.39, 0.29) is 5.75 Å². The predicted molar refractivity (Wildman–Crippen MR) is 74.0 cm³/mol. The first-order chi connectivity index (χ1) is 10.0. The Morgan fingerprint density at radius 1 is 1.05 bits per heavy atom. The fourth-order valence-corrected chi connectivity index (χ4v) is 1.76. The van der Waals surface area contributed by atoms with Gasteiger partial charge < -0.3 is 24.8 Å². The normalized spacial score (nSPS) is 10.3. The second kappa shape index (κ2) is 6.15. The van der Waals surface area contributed by atoms with Gasteiger partial charge in [0.25, 0.3) is 0 Å². The van der Waals surface area contributed by atoms with E-state index in [1.54, 1.807) is 31.4 Å². The van der Waals surface area contributed by atoms with Crippen LogP contribution in [0.1, 0.15) is 15.9 Å². The SMILES string of the molecule is COCc1ccc(Oc2ccc(C(=O)O)c(O)c2O)cc1. The average Bonchev–Trinajstić information content (AvgIpc) is 2.46. The Morgan fingerprint density at radius 3 is 2.29 bits per heavy atom. The van der Waals surface area contributed by atoms with E-state index in [2.05, 4.69) is 0 Å². The van der Waals surface area contributed by atoms with Crippen LogP contribution in [0.5, 0.6) is 23.0 Å². The van der Waals surface area contributed by atoms with Crippen LogP contribution in [0.2, 0.25) is 0 Å². The molecule has 0 bridgehead atoms. The minimum atomic E-state index is -1.33. The molecule has 0 aromatic heterocycles. The first-order valence-electron chi connectivity index (χ1n) is 6.07. The Labute approximate surface area is 120 Å². The summed E-state index contributed by atoms with van der Waals surface area (Å²) in [5.41, 5.74) is 0.563. The Kier molecular flexibility index (Phi) is 4.30. The van der Waals surface area contributed by atoms with Crippen LogP contribution >= 0.6 is 0 Å². The van der Waals surface area contributed by atoms with Crippen molar-refractivity contribution in [1.29, 1.82) is 0 Å². The second-order valence-electron chi connectivity index (χ2n) is 4.29. The predicted octanol–water partition coefficient (Wildman–Crippen LogP) is 2.73. The lowest BCUT2D eigenvalue weighted by Crippen LogP contribution is -1.97. The van der Waals surface area contributed by atoms with Crippen LogP contribution in [0.25, 0.3) is 0 Å². The minimum absolute atomic E-state index is 0.0306. The van der Waals surface area contributed by atoms with Crippen LogP contribution in [-0.4, -0.2) is 28.4 Å². The number of aromatic carboxylic acids is 1. The van der Waals surface area contributed by atoms with E-state index < -0.39 is 23.0 Å². The van der Waals surface area contributed by atoms with Gasteiger partial charge in [0.05, 0.1) is 6.61 Å². The molecular formula is C15H14O6. The number of phenolic OH excluding ortho intramolecular Hbond substituents is 1. The van der Waals surface area contributed by atoms with Gasteiger partial charge in [0.1, 0.15) is 11.3 Å². The van der Waals surface area contributed by atoms with Crippen LogP contribution in [0.3, 0.4) is 0 Å². The molecule has 0 saturated carbocycles. The van der Waals surface area contributed by atoms with Crippen molar-refractivity contribution in [3.8, 4) is 23.0 Å². The molecule has 0 aliphatic rings. The summed E-state index contributed by atoms with van der Waals surface area (Å²) in [7, 11) is 1.59. The lowest BCUT2D eigenvalue weighted by molar-refractivity contribution is 0.0693. The van der Waals surface area contributed by atoms with Crippen molar-refractivity contribution in [1.82, 2.24) is 0 Å². The molecule has 0 amide bonds. The Balaban J connectivity index is 2.23. The summed E-state index contributed by atoms with van der Waals surface area (Å²) in [6.45, 7) is 0.472. The number of carboxylic acids is 1. The Morgan fingerprint density at radius 2 is 1.71 bits per heavy atom. The Hall–Kier alpha value is -2.73. The number of hydrogen-bond acceptors (Lipinski definition) is 5. The molecule has 2 aromatic rings. The highest BCUT2D eigenvalue weighted by Crippen LogP contribution is 2.40. The number of aromatic hydroxyl groups is 2. The zero-order chi connectivity index (χ0) is 15.4. The van der Waals surface area contributed by atoms with Gasteiger partial charge in [-0.15, -0.1) is 0 Å². The van der Waals surface area contributed by atoms with Gasteiger partial charge in [0.2, 0.25) is 5.75 Å². The smallest absolute Gasteiger partial charge is 0.339 e. The van der Waals surface area contributed by atoms with E-state index in [0.29, 0.717) is 12.4 Å². The second-order valence-corrected chi connectivity index (χ2v) is 4.29. The van der Waals surface area contributed by atoms with Gasteiger partial charge in [-0.05, 0) is 29.8 Å². The maximum absolute atomic E-state index is 10.8. The molecule has 0 spiro atoms. The first kappa shape index (κ1) is 14.7. The molecule has 21 heavy (non-hydrogen) atoms. The van der Waals surface area contributed by atoms with Crippen LogP contribution in [0.4, 0.5) is 0 Å². The van der Waals surface area contributed by atoms with E-state index in [1.165, 1.54) is 6.07 Å². The molecule has 110 valence electrons. The van der Waals surface area contributed by atoms with Gasteiger partial charge in [-0.3, -0.25) is 0 Å². The van der Waals surface area contributed by atoms with Crippen molar-refractivity contribution in [3.63, 3.8) is 0 Å². The molecule has 2 aromatic carbocycles. The van der Waals surface area contributed by atoms with Crippen molar-refractivity contribution in [2.45, 2.75) is 6.61 Å². The minimum Gasteiger partial charge on any atom is -0.504 e. The van der Waals surface area contributed by atoms with Gasteiger partial charge in [0.15, 0.2) is 11.5 Å². The molecule has 0 aliphatic carbocycles. The molecule has 0 aliphatic heterocycles. The molecule has 0 atom stereocenters. The summed E-state index contributed by atoms with van der Waals surface area (Å²) in [5.74, 6) is -2.27. The van der Waals surface area contributed by atoms with E-state index in [9.17, 15) is 15.0 Å². The molecule has 6 nitrogen and oxygen atoms in total. The number of methoxy groups -OCH3 is 1. The molecule has 0 saturated heterocycles. The summed E-state index contributed by atoms with van der Waals surface area (Å²) in [6.07, 6.45) is 0. The van der Waals surface area contributed by atoms with Crippen molar-refractivity contribution >= 4 is 5.97 Å². The summed E-state index contributed by atoms with van der Waals surface area (Å²) >= 11 is 0. The van der Waals surface area contributed by atoms with Gasteiger partial charge >= 0.3 is 5.97 Å². The lowest BCUT2D eigenvalue weighted by atomic mass is 10.1. The van der Waals surface area contributed by atoms with Crippen LogP contribution in [-0.2, 0) is 11.3 Å². The molecule has 6 heteroatoms. The average molecular weight is 290 g/mol. The van der Waals surface area contributed by atoms with Crippen LogP contribution in [0.15, 0.2) is 36.4 Å². The molecule has 0 fully saturated rings. The van der Waals surface area contributed by atoms with E-state index in [0.717, 1.165) is 11.6 Å². The fourth-order valence-electron chi connectivity index (χ4n) is 1.76. The number of benzene rings is 2. The largest absolute Gasteiger partial charge is 0.504 e. The molecule has 0 heterocycles. The highest BCUT2D eigenvalue weighted by atomic mass is 16.5. The molecule has 3 N–H and O–H groups in total. The van der Waals surface area contributed by atoms with Crippen LogP contribution in [0, 0.1) is 0 Å². The van der Waals surface area contributed by atoms with Crippen molar-refractivity contribution in [2.75, 3.05) is 7.11 Å². The number of carboxylic acid groups (broad SMARTS) is 1.